The highest BCUT2D eigenvalue weighted by atomic mass is 16.5. The molecule has 0 bridgehead atoms. The van der Waals surface area contributed by atoms with Gasteiger partial charge in [0.2, 0.25) is 0 Å². The fraction of sp³-hybridized carbons (Fsp3) is 0.667. The van der Waals surface area contributed by atoms with Gasteiger partial charge < -0.3 is 25.0 Å². The molecule has 0 saturated carbocycles. The predicted molar refractivity (Wildman–Crippen MR) is 115 cm³/mol. The Morgan fingerprint density at radius 3 is 2.44 bits per heavy atom. The van der Waals surface area contributed by atoms with Crippen LogP contribution in [0.5, 0.6) is 11.5 Å². The molecule has 0 aliphatic carbocycles. The van der Waals surface area contributed by atoms with Gasteiger partial charge >= 0.3 is 0 Å². The number of guanidine groups is 1. The number of unbranched alkanes of at least 4 members (excludes halogenated alkanes) is 4. The zero-order chi connectivity index (χ0) is 19.9. The lowest BCUT2D eigenvalue weighted by Crippen LogP contribution is -2.30. The summed E-state index contributed by atoms with van der Waals surface area (Å²) in [5.41, 5.74) is 0.929. The highest BCUT2D eigenvalue weighted by Gasteiger charge is 2.06. The Balaban J connectivity index is 2.47. The molecule has 27 heavy (non-hydrogen) atoms. The zero-order valence-corrected chi connectivity index (χ0v) is 17.8. The SMILES string of the molecule is CCNC(=NCCCCCCCN(C)C)Nc1ccc(OCC)c(OC)c1. The van der Waals surface area contributed by atoms with Crippen LogP contribution < -0.4 is 20.1 Å². The van der Waals surface area contributed by atoms with Crippen molar-refractivity contribution in [2.45, 2.75) is 46.0 Å². The Bertz CT molecular complexity index is 547. The molecule has 0 heterocycles. The van der Waals surface area contributed by atoms with Crippen LogP contribution in [0.3, 0.4) is 0 Å². The van der Waals surface area contributed by atoms with Gasteiger partial charge in [-0.1, -0.05) is 19.3 Å². The van der Waals surface area contributed by atoms with E-state index in [0.29, 0.717) is 6.61 Å². The smallest absolute Gasteiger partial charge is 0.195 e. The van der Waals surface area contributed by atoms with Gasteiger partial charge in [-0.15, -0.1) is 0 Å². The van der Waals surface area contributed by atoms with Gasteiger partial charge in [-0.2, -0.15) is 0 Å². The van der Waals surface area contributed by atoms with Crippen molar-refractivity contribution in [1.29, 1.82) is 0 Å². The Labute approximate surface area is 165 Å². The number of benzene rings is 1. The molecule has 0 aromatic heterocycles. The molecule has 1 rings (SSSR count). The summed E-state index contributed by atoms with van der Waals surface area (Å²) in [5, 5.41) is 6.64. The van der Waals surface area contributed by atoms with Gasteiger partial charge in [-0.05, 0) is 59.5 Å². The van der Waals surface area contributed by atoms with Crippen molar-refractivity contribution in [1.82, 2.24) is 10.2 Å². The summed E-state index contributed by atoms with van der Waals surface area (Å²) >= 11 is 0. The fourth-order valence-corrected chi connectivity index (χ4v) is 2.72. The number of nitrogens with one attached hydrogen (secondary N) is 2. The van der Waals surface area contributed by atoms with Gasteiger partial charge in [0.05, 0.1) is 13.7 Å². The largest absolute Gasteiger partial charge is 0.493 e. The molecule has 2 N–H and O–H groups in total. The van der Waals surface area contributed by atoms with Crippen molar-refractivity contribution in [3.05, 3.63) is 18.2 Å². The normalized spacial score (nSPS) is 11.6. The van der Waals surface area contributed by atoms with Crippen LogP contribution in [0.4, 0.5) is 5.69 Å². The van der Waals surface area contributed by atoms with Gasteiger partial charge in [0, 0.05) is 24.8 Å². The highest BCUT2D eigenvalue weighted by molar-refractivity contribution is 5.93. The number of hydrogen-bond donors (Lipinski definition) is 2. The number of hydrogen-bond acceptors (Lipinski definition) is 4. The Kier molecular flexibility index (Phi) is 12.1. The average Bonchev–Trinajstić information content (AvgIpc) is 2.65. The molecule has 6 heteroatoms. The minimum absolute atomic E-state index is 0.613. The number of ether oxygens (including phenoxy) is 2. The second-order valence-electron chi connectivity index (χ2n) is 6.76. The van der Waals surface area contributed by atoms with Crippen molar-refractivity contribution < 1.29 is 9.47 Å². The first kappa shape index (κ1) is 23.1. The van der Waals surface area contributed by atoms with Crippen LogP contribution >= 0.6 is 0 Å². The molecule has 6 nitrogen and oxygen atoms in total. The number of rotatable bonds is 13. The molecule has 0 unspecified atom stereocenters. The molecule has 0 aliphatic rings. The third-order valence-corrected chi connectivity index (χ3v) is 4.10. The minimum atomic E-state index is 0.613. The van der Waals surface area contributed by atoms with E-state index in [4.69, 9.17) is 9.47 Å². The summed E-state index contributed by atoms with van der Waals surface area (Å²) in [7, 11) is 5.91. The maximum atomic E-state index is 5.57. The lowest BCUT2D eigenvalue weighted by atomic mass is 10.1. The Hall–Kier alpha value is -1.95. The molecule has 0 aliphatic heterocycles. The Morgan fingerprint density at radius 2 is 1.78 bits per heavy atom. The molecule has 0 atom stereocenters. The number of methoxy groups -OCH3 is 1. The van der Waals surface area contributed by atoms with E-state index in [1.807, 2.05) is 25.1 Å². The summed E-state index contributed by atoms with van der Waals surface area (Å²) in [6.07, 6.45) is 6.20. The van der Waals surface area contributed by atoms with Crippen LogP contribution in [-0.4, -0.2) is 58.3 Å². The number of nitrogens with zero attached hydrogens (tertiary/aromatic N) is 2. The van der Waals surface area contributed by atoms with E-state index in [2.05, 4.69) is 41.5 Å². The standard InChI is InChI=1S/C21H38N4O2/c1-6-22-21(23-15-11-9-8-10-12-16-25(3)4)24-18-13-14-19(27-7-2)20(17-18)26-5/h13-14,17H,6-12,15-16H2,1-5H3,(H2,22,23,24). The van der Waals surface area contributed by atoms with Crippen LogP contribution in [0.1, 0.15) is 46.0 Å². The number of aliphatic imine (C=N–C) groups is 1. The van der Waals surface area contributed by atoms with Gasteiger partial charge in [0.15, 0.2) is 17.5 Å². The van der Waals surface area contributed by atoms with Crippen LogP contribution in [0.25, 0.3) is 0 Å². The second-order valence-corrected chi connectivity index (χ2v) is 6.76. The Morgan fingerprint density at radius 1 is 1.04 bits per heavy atom. The third kappa shape index (κ3) is 10.1. The quantitative estimate of drug-likeness (QED) is 0.309. The van der Waals surface area contributed by atoms with E-state index in [1.165, 1.54) is 32.2 Å². The number of anilines is 1. The van der Waals surface area contributed by atoms with E-state index < -0.39 is 0 Å². The van der Waals surface area contributed by atoms with Crippen LogP contribution in [0, 0.1) is 0 Å². The summed E-state index contributed by atoms with van der Waals surface area (Å²) in [6, 6.07) is 5.83. The summed E-state index contributed by atoms with van der Waals surface area (Å²) in [5.74, 6) is 2.27. The van der Waals surface area contributed by atoms with E-state index in [1.54, 1.807) is 7.11 Å². The first-order valence-electron chi connectivity index (χ1n) is 10.1. The first-order valence-corrected chi connectivity index (χ1v) is 10.1. The van der Waals surface area contributed by atoms with Gasteiger partial charge in [-0.3, -0.25) is 4.99 Å². The maximum Gasteiger partial charge on any atom is 0.195 e. The van der Waals surface area contributed by atoms with E-state index in [9.17, 15) is 0 Å². The lowest BCUT2D eigenvalue weighted by molar-refractivity contribution is 0.311. The molecule has 0 spiro atoms. The molecule has 154 valence electrons. The zero-order valence-electron chi connectivity index (χ0n) is 17.8. The lowest BCUT2D eigenvalue weighted by Gasteiger charge is -2.14. The van der Waals surface area contributed by atoms with Gasteiger partial charge in [-0.25, -0.2) is 0 Å². The third-order valence-electron chi connectivity index (χ3n) is 4.10. The monoisotopic (exact) mass is 378 g/mol. The minimum Gasteiger partial charge on any atom is -0.493 e. The predicted octanol–water partition coefficient (Wildman–Crippen LogP) is 3.98. The van der Waals surface area contributed by atoms with Gasteiger partial charge in [0.25, 0.3) is 0 Å². The first-order chi connectivity index (χ1) is 13.1. The molecule has 0 radical (unpaired) electrons. The topological polar surface area (TPSA) is 58.1 Å². The highest BCUT2D eigenvalue weighted by Crippen LogP contribution is 2.30. The van der Waals surface area contributed by atoms with Crippen molar-refractivity contribution in [2.24, 2.45) is 4.99 Å². The van der Waals surface area contributed by atoms with Crippen LogP contribution in [0.2, 0.25) is 0 Å². The van der Waals surface area contributed by atoms with E-state index in [-0.39, 0.29) is 0 Å². The van der Waals surface area contributed by atoms with Gasteiger partial charge in [0.1, 0.15) is 0 Å². The van der Waals surface area contributed by atoms with Crippen LogP contribution in [0.15, 0.2) is 23.2 Å². The molecular formula is C21H38N4O2. The summed E-state index contributed by atoms with van der Waals surface area (Å²) < 4.78 is 11.0. The molecular weight excluding hydrogens is 340 g/mol. The average molecular weight is 379 g/mol. The molecule has 1 aromatic rings. The van der Waals surface area contributed by atoms with Crippen molar-refractivity contribution in [2.75, 3.05) is 52.8 Å². The second kappa shape index (κ2) is 14.2. The maximum absolute atomic E-state index is 5.57. The summed E-state index contributed by atoms with van der Waals surface area (Å²) in [4.78, 5) is 6.93. The molecule has 1 aromatic carbocycles. The van der Waals surface area contributed by atoms with Crippen molar-refractivity contribution >= 4 is 11.6 Å². The van der Waals surface area contributed by atoms with E-state index in [0.717, 1.165) is 42.7 Å². The fourth-order valence-electron chi connectivity index (χ4n) is 2.72. The summed E-state index contributed by atoms with van der Waals surface area (Å²) in [6.45, 7) is 7.48. The molecule has 0 fully saturated rings. The van der Waals surface area contributed by atoms with E-state index >= 15 is 0 Å². The molecule has 0 amide bonds. The molecule has 0 saturated heterocycles. The van der Waals surface area contributed by atoms with Crippen molar-refractivity contribution in [3.8, 4) is 11.5 Å². The van der Waals surface area contributed by atoms with Crippen molar-refractivity contribution in [3.63, 3.8) is 0 Å². The van der Waals surface area contributed by atoms with Crippen LogP contribution in [-0.2, 0) is 0 Å².